The minimum absolute atomic E-state index is 0.512. The van der Waals surface area contributed by atoms with E-state index in [4.69, 9.17) is 4.52 Å². The van der Waals surface area contributed by atoms with E-state index in [0.29, 0.717) is 26.2 Å². The van der Waals surface area contributed by atoms with Gasteiger partial charge in [0, 0.05) is 51.4 Å². The Hall–Kier alpha value is -0.960. The molecule has 0 spiro atoms. The van der Waals surface area contributed by atoms with Crippen molar-refractivity contribution in [3.05, 3.63) is 17.0 Å². The lowest BCUT2D eigenvalue weighted by Crippen LogP contribution is -2.52. The molecular formula is C14H26N4O3S. The average Bonchev–Trinajstić information content (AvgIpc) is 2.81. The highest BCUT2D eigenvalue weighted by molar-refractivity contribution is 7.86. The van der Waals surface area contributed by atoms with Crippen molar-refractivity contribution in [1.29, 1.82) is 0 Å². The van der Waals surface area contributed by atoms with Gasteiger partial charge in [0.25, 0.3) is 10.2 Å². The van der Waals surface area contributed by atoms with E-state index in [2.05, 4.69) is 10.1 Å². The summed E-state index contributed by atoms with van der Waals surface area (Å²) in [6, 6.07) is 0. The number of aromatic nitrogens is 1. The summed E-state index contributed by atoms with van der Waals surface area (Å²) >= 11 is 0. The summed E-state index contributed by atoms with van der Waals surface area (Å²) in [4.78, 5) is 2.25. The number of rotatable bonds is 6. The Labute approximate surface area is 133 Å². The highest BCUT2D eigenvalue weighted by Crippen LogP contribution is 2.18. The van der Waals surface area contributed by atoms with Crippen LogP contribution in [0.3, 0.4) is 0 Å². The molecule has 1 aromatic heterocycles. The topological polar surface area (TPSA) is 69.9 Å². The van der Waals surface area contributed by atoms with Crippen molar-refractivity contribution in [3.8, 4) is 0 Å². The highest BCUT2D eigenvalue weighted by Gasteiger charge is 2.31. The fourth-order valence-electron chi connectivity index (χ4n) is 2.78. The number of aryl methyl sites for hydroxylation is 2. The van der Waals surface area contributed by atoms with Gasteiger partial charge in [0.2, 0.25) is 0 Å². The summed E-state index contributed by atoms with van der Waals surface area (Å²) in [5.41, 5.74) is 2.02. The lowest BCUT2D eigenvalue weighted by atomic mass is 10.2. The molecule has 2 rings (SSSR count). The molecule has 0 unspecified atom stereocenters. The van der Waals surface area contributed by atoms with Gasteiger partial charge < -0.3 is 4.52 Å². The van der Waals surface area contributed by atoms with E-state index in [0.717, 1.165) is 36.7 Å². The van der Waals surface area contributed by atoms with Gasteiger partial charge in [-0.1, -0.05) is 19.0 Å². The Kier molecular flexibility index (Phi) is 5.60. The van der Waals surface area contributed by atoms with Gasteiger partial charge >= 0.3 is 0 Å². The van der Waals surface area contributed by atoms with Crippen LogP contribution < -0.4 is 0 Å². The lowest BCUT2D eigenvalue weighted by molar-refractivity contribution is 0.174. The van der Waals surface area contributed by atoms with Crippen LogP contribution in [-0.4, -0.2) is 66.4 Å². The monoisotopic (exact) mass is 330 g/mol. The van der Waals surface area contributed by atoms with Crippen LogP contribution in [0.1, 0.15) is 30.9 Å². The third kappa shape index (κ3) is 3.51. The van der Waals surface area contributed by atoms with E-state index >= 15 is 0 Å². The van der Waals surface area contributed by atoms with Crippen LogP contribution >= 0.6 is 0 Å². The Balaban J connectivity index is 1.96. The molecule has 0 amide bonds. The normalized spacial score (nSPS) is 18.2. The number of hydrogen-bond donors (Lipinski definition) is 0. The summed E-state index contributed by atoms with van der Waals surface area (Å²) in [6.45, 7) is 11.9. The van der Waals surface area contributed by atoms with Crippen molar-refractivity contribution in [3.63, 3.8) is 0 Å². The number of piperazine rings is 1. The minimum Gasteiger partial charge on any atom is -0.361 e. The second kappa shape index (κ2) is 7.08. The summed E-state index contributed by atoms with van der Waals surface area (Å²) in [5.74, 6) is 0.843. The van der Waals surface area contributed by atoms with Gasteiger partial charge in [-0.05, 0) is 13.8 Å². The van der Waals surface area contributed by atoms with Gasteiger partial charge in [0.1, 0.15) is 5.76 Å². The van der Waals surface area contributed by atoms with Crippen LogP contribution in [0, 0.1) is 13.8 Å². The summed E-state index contributed by atoms with van der Waals surface area (Å²) in [5, 5.41) is 3.97. The van der Waals surface area contributed by atoms with E-state index in [1.807, 2.05) is 27.7 Å². The molecule has 0 radical (unpaired) electrons. The fourth-order valence-corrected chi connectivity index (χ4v) is 4.39. The quantitative estimate of drug-likeness (QED) is 0.778. The van der Waals surface area contributed by atoms with Crippen molar-refractivity contribution in [2.24, 2.45) is 0 Å². The molecule has 0 bridgehead atoms. The zero-order chi connectivity index (χ0) is 16.3. The molecule has 0 saturated carbocycles. The first-order chi connectivity index (χ1) is 10.4. The van der Waals surface area contributed by atoms with Gasteiger partial charge in [0.05, 0.1) is 5.69 Å². The number of hydrogen-bond acceptors (Lipinski definition) is 5. The van der Waals surface area contributed by atoms with Gasteiger partial charge in [-0.3, -0.25) is 4.90 Å². The summed E-state index contributed by atoms with van der Waals surface area (Å²) in [6.07, 6.45) is 0. The molecule has 0 N–H and O–H groups in total. The first kappa shape index (κ1) is 17.4. The van der Waals surface area contributed by atoms with Crippen molar-refractivity contribution >= 4 is 10.2 Å². The first-order valence-electron chi connectivity index (χ1n) is 7.79. The van der Waals surface area contributed by atoms with E-state index in [9.17, 15) is 8.42 Å². The van der Waals surface area contributed by atoms with E-state index in [1.165, 1.54) is 4.31 Å². The zero-order valence-electron chi connectivity index (χ0n) is 13.9. The predicted molar refractivity (Wildman–Crippen MR) is 84.7 cm³/mol. The van der Waals surface area contributed by atoms with Crippen molar-refractivity contribution < 1.29 is 12.9 Å². The molecule has 1 fully saturated rings. The van der Waals surface area contributed by atoms with Crippen molar-refractivity contribution in [2.75, 3.05) is 39.3 Å². The second-order valence-corrected chi connectivity index (χ2v) is 7.50. The molecule has 126 valence electrons. The van der Waals surface area contributed by atoms with Crippen molar-refractivity contribution in [2.45, 2.75) is 34.2 Å². The van der Waals surface area contributed by atoms with Crippen molar-refractivity contribution in [1.82, 2.24) is 18.7 Å². The second-order valence-electron chi connectivity index (χ2n) is 5.57. The maximum Gasteiger partial charge on any atom is 0.282 e. The molecule has 0 aliphatic carbocycles. The van der Waals surface area contributed by atoms with Crippen LogP contribution in [0.15, 0.2) is 4.52 Å². The maximum absolute atomic E-state index is 12.5. The molecular weight excluding hydrogens is 304 g/mol. The van der Waals surface area contributed by atoms with E-state index < -0.39 is 10.2 Å². The van der Waals surface area contributed by atoms with Crippen LogP contribution in [-0.2, 0) is 16.8 Å². The summed E-state index contributed by atoms with van der Waals surface area (Å²) < 4.78 is 33.3. The van der Waals surface area contributed by atoms with E-state index in [1.54, 1.807) is 4.31 Å². The van der Waals surface area contributed by atoms with Gasteiger partial charge in [-0.25, -0.2) is 0 Å². The lowest BCUT2D eigenvalue weighted by Gasteiger charge is -2.36. The van der Waals surface area contributed by atoms with Crippen LogP contribution in [0.5, 0.6) is 0 Å². The fraction of sp³-hybridized carbons (Fsp3) is 0.786. The van der Waals surface area contributed by atoms with E-state index in [-0.39, 0.29) is 0 Å². The molecule has 2 heterocycles. The Morgan fingerprint density at radius 3 is 2.18 bits per heavy atom. The van der Waals surface area contributed by atoms with Gasteiger partial charge in [0.15, 0.2) is 0 Å². The molecule has 1 aromatic rings. The average molecular weight is 330 g/mol. The van der Waals surface area contributed by atoms with Crippen LogP contribution in [0.25, 0.3) is 0 Å². The molecule has 1 aliphatic heterocycles. The molecule has 1 aliphatic rings. The molecule has 22 heavy (non-hydrogen) atoms. The minimum atomic E-state index is -3.32. The molecule has 0 atom stereocenters. The third-order valence-electron chi connectivity index (χ3n) is 4.25. The van der Waals surface area contributed by atoms with Gasteiger partial charge in [-0.2, -0.15) is 17.0 Å². The Morgan fingerprint density at radius 1 is 1.14 bits per heavy atom. The smallest absolute Gasteiger partial charge is 0.282 e. The predicted octanol–water partition coefficient (Wildman–Crippen LogP) is 0.996. The molecule has 8 heteroatoms. The Morgan fingerprint density at radius 2 is 1.73 bits per heavy atom. The summed E-state index contributed by atoms with van der Waals surface area (Å²) in [7, 11) is -3.32. The largest absolute Gasteiger partial charge is 0.361 e. The maximum atomic E-state index is 12.5. The standard InChI is InChI=1S/C14H26N4O3S/c1-5-17(6-2)22(19,20)18-9-7-16(8-10-18)11-14-12(3)15-21-13(14)4/h5-11H2,1-4H3. The first-order valence-corrected chi connectivity index (χ1v) is 9.19. The molecule has 1 saturated heterocycles. The zero-order valence-corrected chi connectivity index (χ0v) is 14.7. The molecule has 7 nitrogen and oxygen atoms in total. The Bertz CT molecular complexity index is 568. The third-order valence-corrected chi connectivity index (χ3v) is 6.44. The number of nitrogens with zero attached hydrogens (tertiary/aromatic N) is 4. The van der Waals surface area contributed by atoms with Gasteiger partial charge in [-0.15, -0.1) is 0 Å². The molecule has 0 aromatic carbocycles. The van der Waals surface area contributed by atoms with Crippen LogP contribution in [0.2, 0.25) is 0 Å². The SMILES string of the molecule is CCN(CC)S(=O)(=O)N1CCN(Cc2c(C)noc2C)CC1. The highest BCUT2D eigenvalue weighted by atomic mass is 32.2. The van der Waals surface area contributed by atoms with Crippen LogP contribution in [0.4, 0.5) is 0 Å².